The van der Waals surface area contributed by atoms with Gasteiger partial charge >= 0.3 is 5.97 Å². The van der Waals surface area contributed by atoms with E-state index in [9.17, 15) is 9.90 Å². The summed E-state index contributed by atoms with van der Waals surface area (Å²) in [6, 6.07) is 6.16. The molecule has 9 heteroatoms. The van der Waals surface area contributed by atoms with Gasteiger partial charge in [-0.2, -0.15) is 5.48 Å². The van der Waals surface area contributed by atoms with Crippen LogP contribution in [0.1, 0.15) is 101 Å². The van der Waals surface area contributed by atoms with Crippen molar-refractivity contribution in [3.8, 4) is 0 Å². The summed E-state index contributed by atoms with van der Waals surface area (Å²) in [6.45, 7) is 16.9. The van der Waals surface area contributed by atoms with Crippen molar-refractivity contribution in [3.05, 3.63) is 75.4 Å². The van der Waals surface area contributed by atoms with Crippen LogP contribution in [0.5, 0.6) is 0 Å². The largest absolute Gasteiger partial charge is 0.478 e. The van der Waals surface area contributed by atoms with Crippen molar-refractivity contribution in [1.29, 1.82) is 0 Å². The van der Waals surface area contributed by atoms with Gasteiger partial charge < -0.3 is 15.1 Å². The van der Waals surface area contributed by atoms with Gasteiger partial charge in [0, 0.05) is 51.9 Å². The number of hydrogen-bond acceptors (Lipinski definition) is 6. The van der Waals surface area contributed by atoms with Gasteiger partial charge in [0.05, 0.1) is 29.6 Å². The maximum Gasteiger partial charge on any atom is 0.338 e. The first-order chi connectivity index (χ1) is 20.1. The number of nitrogens with zero attached hydrogens (tertiary/aromatic N) is 2. The molecule has 42 heavy (non-hydrogen) atoms. The van der Waals surface area contributed by atoms with E-state index < -0.39 is 5.97 Å². The number of hydrogen-bond donors (Lipinski definition) is 4. The van der Waals surface area contributed by atoms with Gasteiger partial charge in [-0.3, -0.25) is 4.98 Å². The van der Waals surface area contributed by atoms with Crippen LogP contribution in [0.4, 0.5) is 0 Å². The number of H-pyrrole nitrogens is 2. The molecule has 2 aliphatic heterocycles. The lowest BCUT2D eigenvalue weighted by atomic mass is 9.87. The molecule has 0 fully saturated rings. The van der Waals surface area contributed by atoms with Crippen molar-refractivity contribution in [3.63, 3.8) is 0 Å². The first kappa shape index (κ1) is 29.4. The number of fused-ring (bicyclic) bond motifs is 8. The summed E-state index contributed by atoms with van der Waals surface area (Å²) in [5.74, 6) is -0.890. The van der Waals surface area contributed by atoms with Crippen LogP contribution in [0, 0.1) is 20.8 Å². The molecule has 0 spiro atoms. The summed E-state index contributed by atoms with van der Waals surface area (Å²) in [7, 11) is 1.45. The van der Waals surface area contributed by atoms with Crippen LogP contribution >= 0.6 is 0 Å². The van der Waals surface area contributed by atoms with Gasteiger partial charge in [0.1, 0.15) is 0 Å². The third-order valence-electron chi connectivity index (χ3n) is 8.80. The monoisotopic (exact) mass is 569 g/mol. The Labute approximate surface area is 245 Å². The highest BCUT2D eigenvalue weighted by Crippen LogP contribution is 2.41. The Kier molecular flexibility index (Phi) is 8.19. The maximum absolute atomic E-state index is 12.6. The Morgan fingerprint density at radius 1 is 1.05 bits per heavy atom. The Morgan fingerprint density at radius 3 is 2.43 bits per heavy atom. The highest BCUT2D eigenvalue weighted by molar-refractivity contribution is 6.02. The second kappa shape index (κ2) is 11.7. The molecule has 0 saturated heterocycles. The molecule has 220 valence electrons. The van der Waals surface area contributed by atoms with E-state index in [-0.39, 0.29) is 17.4 Å². The van der Waals surface area contributed by atoms with Crippen molar-refractivity contribution < 1.29 is 19.8 Å². The third-order valence-corrected chi connectivity index (χ3v) is 8.80. The van der Waals surface area contributed by atoms with Crippen LogP contribution in [0.2, 0.25) is 0 Å². The average Bonchev–Trinajstić information content (AvgIpc) is 3.64. The van der Waals surface area contributed by atoms with E-state index in [1.54, 1.807) is 0 Å². The molecule has 2 aliphatic rings. The Morgan fingerprint density at radius 2 is 1.76 bits per heavy atom. The predicted molar refractivity (Wildman–Crippen MR) is 167 cm³/mol. The molecule has 0 aliphatic carbocycles. The number of rotatable bonds is 8. The van der Waals surface area contributed by atoms with E-state index in [0.717, 1.165) is 73.6 Å². The summed E-state index contributed by atoms with van der Waals surface area (Å²) >= 11 is 0. The number of aromatic nitrogens is 4. The molecule has 3 aromatic heterocycles. The van der Waals surface area contributed by atoms with Crippen LogP contribution in [0.15, 0.2) is 24.8 Å². The second-order valence-corrected chi connectivity index (χ2v) is 11.1. The molecule has 0 unspecified atom stereocenters. The topological polar surface area (TPSA) is 125 Å². The van der Waals surface area contributed by atoms with Gasteiger partial charge in [-0.25, -0.2) is 14.7 Å². The fourth-order valence-electron chi connectivity index (χ4n) is 6.36. The zero-order valence-corrected chi connectivity index (χ0v) is 25.4. The van der Waals surface area contributed by atoms with Crippen LogP contribution in [-0.2, 0) is 9.88 Å². The number of allylic oxidation sites excluding steroid dienone is 2. The molecule has 2 atom stereocenters. The third kappa shape index (κ3) is 4.98. The number of carbonyl (C=O) groups is 1. The first-order valence-corrected chi connectivity index (χ1v) is 14.3. The number of carboxylic acid groups (broad SMARTS) is 1. The van der Waals surface area contributed by atoms with Crippen molar-refractivity contribution in [2.24, 2.45) is 0 Å². The molecule has 3 aromatic rings. The zero-order valence-electron chi connectivity index (χ0n) is 25.4. The Hall–Kier alpha value is -4.05. The van der Waals surface area contributed by atoms with Crippen molar-refractivity contribution in [2.75, 3.05) is 13.7 Å². The first-order valence-electron chi connectivity index (χ1n) is 14.3. The molecule has 4 N–H and O–H groups in total. The summed E-state index contributed by atoms with van der Waals surface area (Å²) < 4.78 is 0. The Balaban J connectivity index is 1.93. The molecule has 0 saturated carbocycles. The fraction of sp³-hybridized carbons (Fsp3) is 0.364. The molecule has 9 nitrogen and oxygen atoms in total. The highest BCUT2D eigenvalue weighted by Gasteiger charge is 2.31. The Bertz CT molecular complexity index is 1780. The molecule has 5 rings (SSSR count). The quantitative estimate of drug-likeness (QED) is 0.128. The number of aryl methyl sites for hydroxylation is 3. The minimum atomic E-state index is -0.979. The number of aromatic carboxylic acids is 1. The molecule has 0 amide bonds. The summed E-state index contributed by atoms with van der Waals surface area (Å²) in [4.78, 5) is 39.5. The molecule has 5 heterocycles. The average molecular weight is 570 g/mol. The van der Waals surface area contributed by atoms with Gasteiger partial charge in [-0.15, -0.1) is 4.99 Å². The van der Waals surface area contributed by atoms with E-state index in [1.165, 1.54) is 7.11 Å². The van der Waals surface area contributed by atoms with Crippen LogP contribution in [0.3, 0.4) is 0 Å². The number of nitrogens with one attached hydrogen (secondary N) is 3. The molecule has 0 aromatic carbocycles. The second-order valence-electron chi connectivity index (χ2n) is 11.1. The van der Waals surface area contributed by atoms with E-state index >= 15 is 0 Å². The van der Waals surface area contributed by atoms with Crippen molar-refractivity contribution in [2.45, 2.75) is 66.2 Å². The summed E-state index contributed by atoms with van der Waals surface area (Å²) in [5.41, 5.74) is 15.6. The SMILES string of the molecule is C=Cc1c(C)c2cc3nc(c(C)c4[nH]c(cc5nc(cc1[nH]2)C(C)=C5CC)c(C)c4C(=O)O)[C@@H](CCNOOC)[C@@H]3C. The lowest BCUT2D eigenvalue weighted by molar-refractivity contribution is -0.317. The smallest absolute Gasteiger partial charge is 0.338 e. The summed E-state index contributed by atoms with van der Waals surface area (Å²) in [5, 5.41) is 10.3. The lowest BCUT2D eigenvalue weighted by Crippen LogP contribution is -2.18. The van der Waals surface area contributed by atoms with E-state index in [0.29, 0.717) is 24.0 Å². The van der Waals surface area contributed by atoms with Crippen LogP contribution < -0.4 is 5.48 Å². The molecule has 8 bridgehead atoms. The van der Waals surface area contributed by atoms with Crippen LogP contribution in [0.25, 0.3) is 39.3 Å². The van der Waals surface area contributed by atoms with E-state index in [4.69, 9.17) is 19.8 Å². The maximum atomic E-state index is 12.6. The molecule has 0 radical (unpaired) electrons. The van der Waals surface area contributed by atoms with Gasteiger partial charge in [-0.1, -0.05) is 26.5 Å². The standard InChI is InChI=1S/C33H39N5O4/c1-9-21-16(3)24-13-26-18(5)23(11-12-34-42-41-8)31(37-26)20(7)32-30(33(39)40)19(6)27(38-32)15-29-22(10-2)17(4)25(36-29)14-28(21)35-24/h9,13-15,18,23,34-35,38H,1,10-12H2,2-8H3,(H,39,40)/t18-,23-/m0/s1. The highest BCUT2D eigenvalue weighted by atomic mass is 17.3. The normalized spacial score (nSPS) is 16.7. The van der Waals surface area contributed by atoms with Gasteiger partial charge in [0.25, 0.3) is 0 Å². The number of carboxylic acids is 1. The number of hydroxylamine groups is 1. The fourth-order valence-corrected chi connectivity index (χ4v) is 6.36. The van der Waals surface area contributed by atoms with Crippen molar-refractivity contribution >= 4 is 45.3 Å². The minimum Gasteiger partial charge on any atom is -0.478 e. The molecular formula is C33H39N5O4. The van der Waals surface area contributed by atoms with E-state index in [2.05, 4.69) is 61.9 Å². The minimum absolute atomic E-state index is 0.0194. The van der Waals surface area contributed by atoms with Crippen molar-refractivity contribution in [1.82, 2.24) is 25.4 Å². The predicted octanol–water partition coefficient (Wildman–Crippen LogP) is 7.28. The number of aromatic amines is 2. The van der Waals surface area contributed by atoms with Crippen LogP contribution in [-0.4, -0.2) is 44.7 Å². The zero-order chi connectivity index (χ0) is 30.3. The van der Waals surface area contributed by atoms with Gasteiger partial charge in [0.2, 0.25) is 0 Å². The summed E-state index contributed by atoms with van der Waals surface area (Å²) in [6.07, 6.45) is 3.39. The van der Waals surface area contributed by atoms with Gasteiger partial charge in [0.15, 0.2) is 0 Å². The lowest BCUT2D eigenvalue weighted by Gasteiger charge is -2.17. The van der Waals surface area contributed by atoms with Gasteiger partial charge in [-0.05, 0) is 86.6 Å². The van der Waals surface area contributed by atoms with E-state index in [1.807, 2.05) is 26.0 Å². The molecular weight excluding hydrogens is 530 g/mol.